The standard InChI is InChI=1S/C14H20ClN3O/c1-3-10-14(15)12(18(2)17-10)7-13(19)9-6-8-4-5-11(9)16-8/h8-9,11,16H,3-7H2,1-2H3. The van der Waals surface area contributed by atoms with E-state index in [1.54, 1.807) is 4.68 Å². The molecule has 19 heavy (non-hydrogen) atoms. The Bertz CT molecular complexity index is 511. The van der Waals surface area contributed by atoms with E-state index in [0.717, 1.165) is 30.7 Å². The fraction of sp³-hybridized carbons (Fsp3) is 0.714. The largest absolute Gasteiger partial charge is 0.310 e. The van der Waals surface area contributed by atoms with Crippen LogP contribution in [-0.2, 0) is 24.7 Å². The van der Waals surface area contributed by atoms with Gasteiger partial charge in [-0.2, -0.15) is 5.10 Å². The van der Waals surface area contributed by atoms with Crippen molar-refractivity contribution in [2.75, 3.05) is 0 Å². The molecule has 0 spiro atoms. The number of Topliss-reactive ketones (excluding diaryl/α,β-unsaturated/α-hetero) is 1. The quantitative estimate of drug-likeness (QED) is 0.917. The number of aromatic nitrogens is 2. The van der Waals surface area contributed by atoms with E-state index in [2.05, 4.69) is 10.4 Å². The molecule has 3 heterocycles. The minimum atomic E-state index is 0.176. The summed E-state index contributed by atoms with van der Waals surface area (Å²) in [4.78, 5) is 12.5. The third-order valence-electron chi connectivity index (χ3n) is 4.56. The Hall–Kier alpha value is -0.870. The van der Waals surface area contributed by atoms with Gasteiger partial charge in [-0.3, -0.25) is 9.48 Å². The molecule has 5 heteroatoms. The van der Waals surface area contributed by atoms with E-state index in [1.165, 1.54) is 6.42 Å². The van der Waals surface area contributed by atoms with Crippen molar-refractivity contribution in [2.24, 2.45) is 13.0 Å². The normalized spacial score (nSPS) is 29.1. The van der Waals surface area contributed by atoms with Gasteiger partial charge in [0, 0.05) is 25.0 Å². The van der Waals surface area contributed by atoms with Crippen molar-refractivity contribution in [3.8, 4) is 0 Å². The molecule has 1 N–H and O–H groups in total. The van der Waals surface area contributed by atoms with Crippen LogP contribution in [0.4, 0.5) is 0 Å². The lowest BCUT2D eigenvalue weighted by molar-refractivity contribution is -0.122. The molecule has 0 aliphatic carbocycles. The number of fused-ring (bicyclic) bond motifs is 2. The number of halogens is 1. The molecule has 3 rings (SSSR count). The van der Waals surface area contributed by atoms with E-state index in [9.17, 15) is 4.79 Å². The van der Waals surface area contributed by atoms with E-state index in [-0.39, 0.29) is 5.92 Å². The molecule has 3 atom stereocenters. The van der Waals surface area contributed by atoms with Gasteiger partial charge in [-0.1, -0.05) is 18.5 Å². The van der Waals surface area contributed by atoms with Crippen molar-refractivity contribution in [3.63, 3.8) is 0 Å². The van der Waals surface area contributed by atoms with E-state index >= 15 is 0 Å². The number of rotatable bonds is 4. The number of carbonyl (C=O) groups excluding carboxylic acids is 1. The summed E-state index contributed by atoms with van der Waals surface area (Å²) in [7, 11) is 1.87. The lowest BCUT2D eigenvalue weighted by Gasteiger charge is -2.18. The summed E-state index contributed by atoms with van der Waals surface area (Å²) in [6.45, 7) is 2.03. The van der Waals surface area contributed by atoms with Crippen LogP contribution in [0.1, 0.15) is 37.6 Å². The molecule has 0 radical (unpaired) electrons. The van der Waals surface area contributed by atoms with Gasteiger partial charge in [0.25, 0.3) is 0 Å². The van der Waals surface area contributed by atoms with Crippen molar-refractivity contribution in [3.05, 3.63) is 16.4 Å². The first-order valence-electron chi connectivity index (χ1n) is 7.09. The van der Waals surface area contributed by atoms with Crippen LogP contribution in [-0.4, -0.2) is 27.6 Å². The highest BCUT2D eigenvalue weighted by molar-refractivity contribution is 6.32. The molecule has 0 amide bonds. The van der Waals surface area contributed by atoms with Gasteiger partial charge in [0.05, 0.1) is 22.8 Å². The third kappa shape index (κ3) is 2.21. The number of ketones is 1. The van der Waals surface area contributed by atoms with Gasteiger partial charge in [0.1, 0.15) is 5.78 Å². The minimum absolute atomic E-state index is 0.176. The Morgan fingerprint density at radius 3 is 2.84 bits per heavy atom. The van der Waals surface area contributed by atoms with Gasteiger partial charge in [-0.25, -0.2) is 0 Å². The Morgan fingerprint density at radius 2 is 2.32 bits per heavy atom. The maximum Gasteiger partial charge on any atom is 0.143 e. The molecular weight excluding hydrogens is 262 g/mol. The van der Waals surface area contributed by atoms with Crippen molar-refractivity contribution >= 4 is 17.4 Å². The first-order chi connectivity index (χ1) is 9.10. The maximum absolute atomic E-state index is 12.5. The lowest BCUT2D eigenvalue weighted by Crippen LogP contribution is -2.30. The van der Waals surface area contributed by atoms with Crippen molar-refractivity contribution < 1.29 is 4.79 Å². The molecule has 2 bridgehead atoms. The number of hydrogen-bond donors (Lipinski definition) is 1. The number of hydrogen-bond acceptors (Lipinski definition) is 3. The molecule has 2 fully saturated rings. The Balaban J connectivity index is 1.75. The average Bonchev–Trinajstić information content (AvgIpc) is 3.08. The molecule has 104 valence electrons. The molecule has 1 aromatic rings. The number of carbonyl (C=O) groups is 1. The molecule has 4 nitrogen and oxygen atoms in total. The average molecular weight is 282 g/mol. The highest BCUT2D eigenvalue weighted by atomic mass is 35.5. The van der Waals surface area contributed by atoms with Crippen molar-refractivity contribution in [2.45, 2.75) is 51.1 Å². The van der Waals surface area contributed by atoms with Gasteiger partial charge in [0.2, 0.25) is 0 Å². The molecule has 2 saturated heterocycles. The molecule has 0 aromatic carbocycles. The molecule has 2 aliphatic heterocycles. The summed E-state index contributed by atoms with van der Waals surface area (Å²) >= 11 is 6.31. The number of aryl methyl sites for hydroxylation is 2. The van der Waals surface area contributed by atoms with E-state index in [0.29, 0.717) is 29.3 Å². The second-order valence-electron chi connectivity index (χ2n) is 5.72. The first-order valence-corrected chi connectivity index (χ1v) is 7.47. The second kappa shape index (κ2) is 4.91. The molecule has 0 saturated carbocycles. The van der Waals surface area contributed by atoms with Gasteiger partial charge in [-0.15, -0.1) is 0 Å². The van der Waals surface area contributed by atoms with E-state index in [4.69, 9.17) is 11.6 Å². The van der Waals surface area contributed by atoms with E-state index in [1.807, 2.05) is 14.0 Å². The molecule has 1 aromatic heterocycles. The monoisotopic (exact) mass is 281 g/mol. The maximum atomic E-state index is 12.5. The fourth-order valence-electron chi connectivity index (χ4n) is 3.49. The highest BCUT2D eigenvalue weighted by Gasteiger charge is 2.42. The molecular formula is C14H20ClN3O. The Morgan fingerprint density at radius 1 is 1.53 bits per heavy atom. The van der Waals surface area contributed by atoms with Crippen LogP contribution in [0.2, 0.25) is 5.02 Å². The van der Waals surface area contributed by atoms with Crippen LogP contribution >= 0.6 is 11.6 Å². The predicted octanol–water partition coefficient (Wildman–Crippen LogP) is 1.89. The summed E-state index contributed by atoms with van der Waals surface area (Å²) in [6.07, 6.45) is 4.58. The van der Waals surface area contributed by atoms with Gasteiger partial charge < -0.3 is 5.32 Å². The van der Waals surface area contributed by atoms with Gasteiger partial charge >= 0.3 is 0 Å². The van der Waals surface area contributed by atoms with Crippen LogP contribution in [0.25, 0.3) is 0 Å². The summed E-state index contributed by atoms with van der Waals surface area (Å²) in [6, 6.07) is 0.960. The van der Waals surface area contributed by atoms with Gasteiger partial charge in [0.15, 0.2) is 0 Å². The van der Waals surface area contributed by atoms with Crippen LogP contribution in [0.3, 0.4) is 0 Å². The number of nitrogens with zero attached hydrogens (tertiary/aromatic N) is 2. The number of nitrogens with one attached hydrogen (secondary N) is 1. The third-order valence-corrected chi connectivity index (χ3v) is 4.99. The molecule has 2 aliphatic rings. The van der Waals surface area contributed by atoms with E-state index < -0.39 is 0 Å². The SMILES string of the molecule is CCc1nn(C)c(CC(=O)C2CC3CCC2N3)c1Cl. The lowest BCUT2D eigenvalue weighted by atomic mass is 9.84. The zero-order valence-corrected chi connectivity index (χ0v) is 12.2. The van der Waals surface area contributed by atoms with Crippen molar-refractivity contribution in [1.29, 1.82) is 0 Å². The minimum Gasteiger partial charge on any atom is -0.310 e. The van der Waals surface area contributed by atoms with Crippen molar-refractivity contribution in [1.82, 2.24) is 15.1 Å². The molecule has 3 unspecified atom stereocenters. The van der Waals surface area contributed by atoms with Crippen LogP contribution in [0.15, 0.2) is 0 Å². The van der Waals surface area contributed by atoms with Gasteiger partial charge in [-0.05, 0) is 25.7 Å². The summed E-state index contributed by atoms with van der Waals surface area (Å²) < 4.78 is 1.76. The summed E-state index contributed by atoms with van der Waals surface area (Å²) in [5.74, 6) is 0.488. The zero-order chi connectivity index (χ0) is 13.6. The zero-order valence-electron chi connectivity index (χ0n) is 11.4. The fourth-order valence-corrected chi connectivity index (χ4v) is 3.85. The second-order valence-corrected chi connectivity index (χ2v) is 6.10. The smallest absolute Gasteiger partial charge is 0.143 e. The van der Waals surface area contributed by atoms with Crippen LogP contribution < -0.4 is 5.32 Å². The summed E-state index contributed by atoms with van der Waals surface area (Å²) in [5, 5.41) is 8.56. The van der Waals surface area contributed by atoms with Crippen LogP contribution in [0.5, 0.6) is 0 Å². The highest BCUT2D eigenvalue weighted by Crippen LogP contribution is 2.35. The van der Waals surface area contributed by atoms with Crippen LogP contribution in [0, 0.1) is 5.92 Å². The Kier molecular flexibility index (Phi) is 3.39. The Labute approximate surface area is 118 Å². The summed E-state index contributed by atoms with van der Waals surface area (Å²) in [5.41, 5.74) is 1.75. The topological polar surface area (TPSA) is 46.9 Å². The predicted molar refractivity (Wildman–Crippen MR) is 74.4 cm³/mol. The first kappa shape index (κ1) is 13.1.